The Morgan fingerprint density at radius 2 is 1.85 bits per heavy atom. The molecule has 0 spiro atoms. The Morgan fingerprint density at radius 3 is 2.45 bits per heavy atom. The summed E-state index contributed by atoms with van der Waals surface area (Å²) in [7, 11) is 0. The minimum atomic E-state index is -1.04. The Balaban J connectivity index is 1.53. The molecule has 0 aromatic carbocycles. The number of carboxylic acid groups (broad SMARTS) is 1. The van der Waals surface area contributed by atoms with Gasteiger partial charge in [0, 0.05) is 12.5 Å². The Labute approximate surface area is 116 Å². The molecule has 4 rings (SSSR count). The number of rotatable bonds is 2. The first-order valence-electron chi connectivity index (χ1n) is 7.38. The van der Waals surface area contributed by atoms with Crippen LogP contribution in [0.3, 0.4) is 0 Å². The van der Waals surface area contributed by atoms with Gasteiger partial charge in [0.2, 0.25) is 11.8 Å². The van der Waals surface area contributed by atoms with Crippen molar-refractivity contribution in [2.75, 3.05) is 13.1 Å². The van der Waals surface area contributed by atoms with Gasteiger partial charge in [-0.25, -0.2) is 4.79 Å². The average Bonchev–Trinajstić information content (AvgIpc) is 2.85. The highest BCUT2D eigenvalue weighted by Crippen LogP contribution is 2.69. The minimum absolute atomic E-state index is 0.00556. The van der Waals surface area contributed by atoms with Crippen LogP contribution in [0.1, 0.15) is 19.3 Å². The molecule has 0 aromatic heterocycles. The Kier molecular flexibility index (Phi) is 2.41. The van der Waals surface area contributed by atoms with Crippen molar-refractivity contribution < 1.29 is 19.5 Å². The highest BCUT2D eigenvalue weighted by atomic mass is 16.4. The molecule has 1 saturated heterocycles. The van der Waals surface area contributed by atoms with Crippen LogP contribution in [-0.2, 0) is 14.4 Å². The Morgan fingerprint density at radius 1 is 1.20 bits per heavy atom. The molecule has 4 fully saturated rings. The van der Waals surface area contributed by atoms with Crippen LogP contribution in [0.5, 0.6) is 0 Å². The van der Waals surface area contributed by atoms with Crippen molar-refractivity contribution in [1.29, 1.82) is 0 Å². The number of aliphatic carboxylic acids is 1. The second kappa shape index (κ2) is 3.96. The van der Waals surface area contributed by atoms with Gasteiger partial charge in [-0.1, -0.05) is 0 Å². The zero-order valence-corrected chi connectivity index (χ0v) is 11.1. The van der Waals surface area contributed by atoms with E-state index in [-0.39, 0.29) is 30.8 Å². The van der Waals surface area contributed by atoms with Gasteiger partial charge in [-0.05, 0) is 42.9 Å². The number of piperazine rings is 1. The summed E-state index contributed by atoms with van der Waals surface area (Å²) in [5.74, 6) is 0.882. The van der Waals surface area contributed by atoms with Crippen molar-refractivity contribution in [2.24, 2.45) is 29.6 Å². The summed E-state index contributed by atoms with van der Waals surface area (Å²) in [6.07, 6.45) is 3.69. The second-order valence-electron chi connectivity index (χ2n) is 6.64. The first-order valence-corrected chi connectivity index (χ1v) is 7.38. The highest BCUT2D eigenvalue weighted by molar-refractivity contribution is 5.93. The van der Waals surface area contributed by atoms with Crippen LogP contribution in [-0.4, -0.2) is 46.9 Å². The zero-order chi connectivity index (χ0) is 14.0. The van der Waals surface area contributed by atoms with E-state index in [1.165, 1.54) is 24.2 Å². The molecule has 2 bridgehead atoms. The summed E-state index contributed by atoms with van der Waals surface area (Å²) in [5.41, 5.74) is 0. The lowest BCUT2D eigenvalue weighted by molar-refractivity contribution is -0.155. The normalized spacial score (nSPS) is 45.0. The second-order valence-corrected chi connectivity index (χ2v) is 6.64. The molecule has 3 aliphatic carbocycles. The van der Waals surface area contributed by atoms with Crippen LogP contribution in [0, 0.1) is 29.6 Å². The number of nitrogens with zero attached hydrogens (tertiary/aromatic N) is 1. The van der Waals surface area contributed by atoms with Crippen molar-refractivity contribution >= 4 is 17.8 Å². The fraction of sp³-hybridized carbons (Fsp3) is 0.786. The molecule has 2 amide bonds. The molecule has 1 heterocycles. The lowest BCUT2D eigenvalue weighted by Crippen LogP contribution is -2.59. The third kappa shape index (κ3) is 1.53. The number of carbonyl (C=O) groups excluding carboxylic acids is 2. The van der Waals surface area contributed by atoms with Crippen LogP contribution < -0.4 is 5.32 Å². The maximum absolute atomic E-state index is 12.6. The first kappa shape index (κ1) is 12.2. The van der Waals surface area contributed by atoms with Gasteiger partial charge in [-0.2, -0.15) is 0 Å². The summed E-state index contributed by atoms with van der Waals surface area (Å²) in [6, 6.07) is -0.904. The molecule has 5 unspecified atom stereocenters. The average molecular weight is 278 g/mol. The van der Waals surface area contributed by atoms with Gasteiger partial charge in [0.05, 0.1) is 0 Å². The lowest BCUT2D eigenvalue weighted by Gasteiger charge is -2.33. The smallest absolute Gasteiger partial charge is 0.328 e. The van der Waals surface area contributed by atoms with Crippen LogP contribution >= 0.6 is 0 Å². The number of fused-ring (bicyclic) bond motifs is 5. The van der Waals surface area contributed by atoms with Gasteiger partial charge in [-0.15, -0.1) is 0 Å². The number of nitrogens with one attached hydrogen (secondary N) is 1. The maximum atomic E-state index is 12.6. The number of hydrogen-bond donors (Lipinski definition) is 2. The van der Waals surface area contributed by atoms with Crippen LogP contribution in [0.15, 0.2) is 0 Å². The van der Waals surface area contributed by atoms with E-state index in [9.17, 15) is 19.5 Å². The molecule has 0 radical (unpaired) electrons. The fourth-order valence-corrected chi connectivity index (χ4v) is 4.94. The zero-order valence-electron chi connectivity index (χ0n) is 11.1. The van der Waals surface area contributed by atoms with Crippen molar-refractivity contribution in [3.63, 3.8) is 0 Å². The van der Waals surface area contributed by atoms with E-state index in [1.54, 1.807) is 0 Å². The lowest BCUT2D eigenvalue weighted by atomic mass is 10.0. The van der Waals surface area contributed by atoms with Crippen molar-refractivity contribution in [2.45, 2.75) is 25.3 Å². The Hall–Kier alpha value is -1.59. The molecule has 4 aliphatic rings. The molecular weight excluding hydrogens is 260 g/mol. The number of carbonyl (C=O) groups is 3. The summed E-state index contributed by atoms with van der Waals surface area (Å²) in [6.45, 7) is -0.0874. The Bertz CT molecular complexity index is 489. The monoisotopic (exact) mass is 278 g/mol. The predicted octanol–water partition coefficient (Wildman–Crippen LogP) is -0.310. The topological polar surface area (TPSA) is 86.7 Å². The fourth-order valence-electron chi connectivity index (χ4n) is 4.94. The van der Waals surface area contributed by atoms with Gasteiger partial charge in [0.15, 0.2) is 0 Å². The minimum Gasteiger partial charge on any atom is -0.480 e. The molecule has 0 aromatic rings. The molecule has 5 atom stereocenters. The molecule has 1 aliphatic heterocycles. The summed E-state index contributed by atoms with van der Waals surface area (Å²) in [5, 5.41) is 11.7. The number of hydrogen-bond acceptors (Lipinski definition) is 3. The molecule has 3 saturated carbocycles. The van der Waals surface area contributed by atoms with Gasteiger partial charge in [0.1, 0.15) is 12.6 Å². The third-order valence-corrected chi connectivity index (χ3v) is 5.77. The largest absolute Gasteiger partial charge is 0.480 e. The number of amides is 2. The number of carboxylic acids is 1. The standard InChI is InChI=1S/C14H18N2O4/c17-9-5-16(8(4-15-9)14(19)20)13(18)12-10-6-1-2-7(3-6)11(10)12/h6-8,10-12H,1-5H2,(H,15,17)(H,19,20). The van der Waals surface area contributed by atoms with E-state index in [0.717, 1.165) is 0 Å². The van der Waals surface area contributed by atoms with Crippen molar-refractivity contribution in [3.8, 4) is 0 Å². The van der Waals surface area contributed by atoms with E-state index in [1.807, 2.05) is 0 Å². The predicted molar refractivity (Wildman–Crippen MR) is 67.4 cm³/mol. The van der Waals surface area contributed by atoms with Gasteiger partial charge in [-0.3, -0.25) is 9.59 Å². The summed E-state index contributed by atoms with van der Waals surface area (Å²) < 4.78 is 0. The SMILES string of the molecule is O=C1CN(C(=O)C2C3C4CCC(C4)C23)C(C(=O)O)CN1. The van der Waals surface area contributed by atoms with E-state index in [4.69, 9.17) is 0 Å². The van der Waals surface area contributed by atoms with E-state index >= 15 is 0 Å². The molecule has 108 valence electrons. The van der Waals surface area contributed by atoms with Crippen LogP contribution in [0.4, 0.5) is 0 Å². The summed E-state index contributed by atoms with van der Waals surface area (Å²) >= 11 is 0. The summed E-state index contributed by atoms with van der Waals surface area (Å²) in [4.78, 5) is 36.7. The molecule has 2 N–H and O–H groups in total. The molecule has 6 nitrogen and oxygen atoms in total. The first-order chi connectivity index (χ1) is 9.58. The van der Waals surface area contributed by atoms with E-state index in [0.29, 0.717) is 23.7 Å². The maximum Gasteiger partial charge on any atom is 0.328 e. The quantitative estimate of drug-likeness (QED) is 0.725. The van der Waals surface area contributed by atoms with E-state index < -0.39 is 12.0 Å². The van der Waals surface area contributed by atoms with Crippen molar-refractivity contribution in [1.82, 2.24) is 10.2 Å². The highest BCUT2D eigenvalue weighted by Gasteiger charge is 2.68. The molecular formula is C14H18N2O4. The molecule has 20 heavy (non-hydrogen) atoms. The van der Waals surface area contributed by atoms with Crippen molar-refractivity contribution in [3.05, 3.63) is 0 Å². The third-order valence-electron chi connectivity index (χ3n) is 5.77. The van der Waals surface area contributed by atoms with Crippen LogP contribution in [0.25, 0.3) is 0 Å². The van der Waals surface area contributed by atoms with Gasteiger partial charge < -0.3 is 15.3 Å². The van der Waals surface area contributed by atoms with Gasteiger partial charge >= 0.3 is 5.97 Å². The van der Waals surface area contributed by atoms with Gasteiger partial charge in [0.25, 0.3) is 0 Å². The molecule has 6 heteroatoms. The van der Waals surface area contributed by atoms with Crippen LogP contribution in [0.2, 0.25) is 0 Å². The van der Waals surface area contributed by atoms with E-state index in [2.05, 4.69) is 5.32 Å².